The van der Waals surface area contributed by atoms with Crippen LogP contribution in [0.4, 0.5) is 5.13 Å². The quantitative estimate of drug-likeness (QED) is 0.170. The van der Waals surface area contributed by atoms with Crippen LogP contribution in [0.3, 0.4) is 0 Å². The van der Waals surface area contributed by atoms with E-state index in [1.165, 1.54) is 12.3 Å². The maximum atomic E-state index is 12.4. The van der Waals surface area contributed by atoms with Crippen LogP contribution in [0.1, 0.15) is 12.6 Å². The molecule has 2 rings (SSSR count). The Kier molecular flexibility index (Phi) is 5.43. The fraction of sp³-hybridized carbons (Fsp3) is 0.364. The van der Waals surface area contributed by atoms with Crippen LogP contribution in [0.5, 0.6) is 0 Å². The van der Waals surface area contributed by atoms with Crippen LogP contribution in [0.25, 0.3) is 0 Å². The first-order valence-electron chi connectivity index (χ1n) is 6.77. The molecular formula is C11H13N5O8S2. The fourth-order valence-corrected chi connectivity index (χ4v) is 3.50. The molecule has 1 fully saturated rings. The third kappa shape index (κ3) is 4.06. The molecular weight excluding hydrogens is 394 g/mol. The first kappa shape index (κ1) is 19.5. The van der Waals surface area contributed by atoms with Crippen molar-refractivity contribution in [2.75, 3.05) is 12.3 Å². The number of anilines is 1. The van der Waals surface area contributed by atoms with E-state index in [4.69, 9.17) is 15.4 Å². The molecule has 5 N–H and O–H groups in total. The normalized spacial score (nSPS) is 20.5. The smallest absolute Gasteiger partial charge is 0.362 e. The van der Waals surface area contributed by atoms with Gasteiger partial charge in [-0.05, 0) is 6.92 Å². The first-order chi connectivity index (χ1) is 12.0. The molecule has 1 aliphatic heterocycles. The van der Waals surface area contributed by atoms with Gasteiger partial charge < -0.3 is 21.0 Å². The van der Waals surface area contributed by atoms with Gasteiger partial charge in [0.1, 0.15) is 11.7 Å². The number of hydrogen-bond donors (Lipinski definition) is 4. The maximum absolute atomic E-state index is 12.4. The Morgan fingerprint density at radius 2 is 2.19 bits per heavy atom. The molecule has 13 nitrogen and oxygen atoms in total. The third-order valence-electron chi connectivity index (χ3n) is 3.19. The molecule has 0 spiro atoms. The minimum absolute atomic E-state index is 0.0264. The molecule has 0 saturated carbocycles. The number of carboxylic acids is 1. The van der Waals surface area contributed by atoms with Crippen molar-refractivity contribution < 1.29 is 37.3 Å². The summed E-state index contributed by atoms with van der Waals surface area (Å²) < 4.78 is 31.2. The molecule has 1 saturated heterocycles. The van der Waals surface area contributed by atoms with Gasteiger partial charge in [-0.25, -0.2) is 14.1 Å². The van der Waals surface area contributed by atoms with Crippen LogP contribution in [0, 0.1) is 0 Å². The number of nitrogens with two attached hydrogens (primary N) is 1. The second-order valence-corrected chi connectivity index (χ2v) is 7.16. The standard InChI is InChI=1S/C11H13N5O8S2/c1-4-7(10(20)16(4)26(21,22)23)14-9(19)8(15-24-2-6(17)18)5-3-25-11(12)13-5/h3-4,7H,2H2,1H3,(H2,12,13)(H,14,19)(H,17,18)(H,21,22,23)/t4-,7-/m0/s1. The lowest BCUT2D eigenvalue weighted by Gasteiger charge is -2.42. The number of aromatic nitrogens is 1. The topological polar surface area (TPSA) is 202 Å². The van der Waals surface area contributed by atoms with Gasteiger partial charge in [-0.2, -0.15) is 8.42 Å². The number of aliphatic carboxylic acids is 1. The zero-order valence-corrected chi connectivity index (χ0v) is 14.7. The predicted molar refractivity (Wildman–Crippen MR) is 86.4 cm³/mol. The van der Waals surface area contributed by atoms with Gasteiger partial charge >= 0.3 is 16.3 Å². The molecule has 0 aliphatic carbocycles. The van der Waals surface area contributed by atoms with Gasteiger partial charge in [-0.3, -0.25) is 14.1 Å². The summed E-state index contributed by atoms with van der Waals surface area (Å²) in [5.74, 6) is -3.35. The minimum atomic E-state index is -4.74. The Morgan fingerprint density at radius 3 is 2.65 bits per heavy atom. The van der Waals surface area contributed by atoms with E-state index >= 15 is 0 Å². The van der Waals surface area contributed by atoms with Crippen molar-refractivity contribution in [3.8, 4) is 0 Å². The number of amides is 2. The van der Waals surface area contributed by atoms with Crippen LogP contribution >= 0.6 is 11.3 Å². The Bertz CT molecular complexity index is 879. The van der Waals surface area contributed by atoms with Gasteiger partial charge in [-0.15, -0.1) is 11.3 Å². The zero-order chi connectivity index (χ0) is 19.6. The number of thiazole rings is 1. The van der Waals surface area contributed by atoms with Crippen molar-refractivity contribution in [1.82, 2.24) is 14.6 Å². The number of nitrogen functional groups attached to an aromatic ring is 1. The molecule has 15 heteroatoms. The van der Waals surface area contributed by atoms with E-state index in [9.17, 15) is 22.8 Å². The number of carboxylic acid groups (broad SMARTS) is 1. The SMILES string of the molecule is C[C@H]1[C@H](NC(=O)C(=NOCC(=O)O)c2csc(N)n2)C(=O)N1S(=O)(=O)O. The lowest BCUT2D eigenvalue weighted by Crippen LogP contribution is -2.71. The molecule has 2 amide bonds. The van der Waals surface area contributed by atoms with Crippen LogP contribution in [-0.4, -0.2) is 69.6 Å². The van der Waals surface area contributed by atoms with Crippen LogP contribution < -0.4 is 11.1 Å². The average molecular weight is 407 g/mol. The summed E-state index contributed by atoms with van der Waals surface area (Å²) in [5, 5.41) is 15.6. The van der Waals surface area contributed by atoms with Gasteiger partial charge in [0.05, 0.1) is 6.04 Å². The second-order valence-electron chi connectivity index (χ2n) is 4.98. The van der Waals surface area contributed by atoms with Gasteiger partial charge in [0, 0.05) is 5.38 Å². The van der Waals surface area contributed by atoms with Gasteiger partial charge in [0.25, 0.3) is 11.8 Å². The van der Waals surface area contributed by atoms with Crippen molar-refractivity contribution in [2.24, 2.45) is 5.16 Å². The minimum Gasteiger partial charge on any atom is -0.479 e. The lowest BCUT2D eigenvalue weighted by molar-refractivity contribution is -0.143. The number of carbonyl (C=O) groups excluding carboxylic acids is 2. The molecule has 1 aromatic heterocycles. The van der Waals surface area contributed by atoms with E-state index in [0.717, 1.165) is 11.3 Å². The van der Waals surface area contributed by atoms with Crippen molar-refractivity contribution in [3.05, 3.63) is 11.1 Å². The number of carbonyl (C=O) groups is 3. The van der Waals surface area contributed by atoms with Crippen LogP contribution in [0.15, 0.2) is 10.5 Å². The summed E-state index contributed by atoms with van der Waals surface area (Å²) in [4.78, 5) is 43.0. The van der Waals surface area contributed by atoms with E-state index in [0.29, 0.717) is 0 Å². The molecule has 26 heavy (non-hydrogen) atoms. The molecule has 1 aliphatic rings. The van der Waals surface area contributed by atoms with Crippen molar-refractivity contribution in [1.29, 1.82) is 0 Å². The number of nitrogens with one attached hydrogen (secondary N) is 1. The number of hydrogen-bond acceptors (Lipinski definition) is 10. The highest BCUT2D eigenvalue weighted by Gasteiger charge is 2.51. The Hall–Kier alpha value is -2.78. The molecule has 0 radical (unpaired) electrons. The van der Waals surface area contributed by atoms with Gasteiger partial charge in [0.2, 0.25) is 6.61 Å². The summed E-state index contributed by atoms with van der Waals surface area (Å²) in [6, 6.07) is -2.28. The Labute approximate surface area is 150 Å². The molecule has 2 heterocycles. The highest BCUT2D eigenvalue weighted by Crippen LogP contribution is 2.23. The number of nitrogens with zero attached hydrogens (tertiary/aromatic N) is 3. The molecule has 142 valence electrons. The van der Waals surface area contributed by atoms with Crippen molar-refractivity contribution in [3.63, 3.8) is 0 Å². The highest BCUT2D eigenvalue weighted by atomic mass is 32.2. The number of β-lactam (4-membered cyclic amide) rings is 1. The summed E-state index contributed by atoms with van der Waals surface area (Å²) in [6.07, 6.45) is 0. The molecule has 0 unspecified atom stereocenters. The Balaban J connectivity index is 2.17. The van der Waals surface area contributed by atoms with Crippen molar-refractivity contribution in [2.45, 2.75) is 19.0 Å². The predicted octanol–water partition coefficient (Wildman–Crippen LogP) is -1.95. The van der Waals surface area contributed by atoms with E-state index in [1.807, 2.05) is 0 Å². The van der Waals surface area contributed by atoms with Crippen LogP contribution in [0.2, 0.25) is 0 Å². The molecule has 2 atom stereocenters. The molecule has 1 aromatic rings. The summed E-state index contributed by atoms with van der Waals surface area (Å²) in [7, 11) is -4.74. The first-order valence-corrected chi connectivity index (χ1v) is 9.04. The van der Waals surface area contributed by atoms with E-state index in [2.05, 4.69) is 20.3 Å². The third-order valence-corrected chi connectivity index (χ3v) is 4.88. The summed E-state index contributed by atoms with van der Waals surface area (Å²) >= 11 is 0.980. The largest absolute Gasteiger partial charge is 0.479 e. The summed E-state index contributed by atoms with van der Waals surface area (Å²) in [5.41, 5.74) is 4.99. The van der Waals surface area contributed by atoms with Crippen LogP contribution in [-0.2, 0) is 29.5 Å². The molecule has 0 bridgehead atoms. The van der Waals surface area contributed by atoms with Crippen molar-refractivity contribution >= 4 is 50.3 Å². The summed E-state index contributed by atoms with van der Waals surface area (Å²) in [6.45, 7) is 0.463. The Morgan fingerprint density at radius 1 is 1.54 bits per heavy atom. The number of oxime groups is 1. The zero-order valence-electron chi connectivity index (χ0n) is 13.0. The highest BCUT2D eigenvalue weighted by molar-refractivity contribution is 7.84. The average Bonchev–Trinajstić information content (AvgIpc) is 2.93. The van der Waals surface area contributed by atoms with E-state index in [-0.39, 0.29) is 15.1 Å². The second kappa shape index (κ2) is 7.22. The van der Waals surface area contributed by atoms with E-state index < -0.39 is 52.5 Å². The molecule has 0 aromatic carbocycles. The van der Waals surface area contributed by atoms with Gasteiger partial charge in [0.15, 0.2) is 10.8 Å². The fourth-order valence-electron chi connectivity index (χ4n) is 2.07. The van der Waals surface area contributed by atoms with Gasteiger partial charge in [-0.1, -0.05) is 5.16 Å². The number of rotatable bonds is 7. The van der Waals surface area contributed by atoms with E-state index in [1.54, 1.807) is 0 Å². The monoisotopic (exact) mass is 407 g/mol. The lowest BCUT2D eigenvalue weighted by atomic mass is 10.0. The maximum Gasteiger partial charge on any atom is 0.362 e.